The van der Waals surface area contributed by atoms with Gasteiger partial charge in [-0.25, -0.2) is 0 Å². The predicted octanol–water partition coefficient (Wildman–Crippen LogP) is 5.69. The van der Waals surface area contributed by atoms with Gasteiger partial charge in [-0.2, -0.15) is 0 Å². The van der Waals surface area contributed by atoms with E-state index in [1.165, 1.54) is 0 Å². The Morgan fingerprint density at radius 3 is 1.54 bits per heavy atom. The molecule has 2 aliphatic heterocycles. The molecule has 7 heteroatoms. The summed E-state index contributed by atoms with van der Waals surface area (Å²) in [7, 11) is 3.14. The Hall–Kier alpha value is -4.52. The smallest absolute Gasteiger partial charge is 0.256 e. The highest BCUT2D eigenvalue weighted by Gasteiger charge is 2.28. The van der Waals surface area contributed by atoms with Crippen molar-refractivity contribution in [1.29, 1.82) is 0 Å². The van der Waals surface area contributed by atoms with Crippen LogP contribution in [0.5, 0.6) is 17.2 Å². The van der Waals surface area contributed by atoms with E-state index in [0.717, 1.165) is 5.56 Å². The summed E-state index contributed by atoms with van der Waals surface area (Å²) in [5.74, 6) is 0.697. The molecule has 3 N–H and O–H groups in total. The average molecular weight is 497 g/mol. The van der Waals surface area contributed by atoms with Gasteiger partial charge in [-0.05, 0) is 71.7 Å². The monoisotopic (exact) mass is 496 g/mol. The van der Waals surface area contributed by atoms with Crippen LogP contribution < -0.4 is 20.1 Å². The number of nitrogens with one attached hydrogen (secondary N) is 2. The maximum atomic E-state index is 12.9. The van der Waals surface area contributed by atoms with Crippen LogP contribution in [0.25, 0.3) is 23.3 Å². The topological polar surface area (TPSA) is 96.9 Å². The first-order chi connectivity index (χ1) is 17.6. The summed E-state index contributed by atoms with van der Waals surface area (Å²) in [6.07, 6.45) is 3.36. The van der Waals surface area contributed by atoms with Crippen LogP contribution in [-0.2, 0) is 15.0 Å². The highest BCUT2D eigenvalue weighted by atomic mass is 16.5. The Morgan fingerprint density at radius 2 is 1.16 bits per heavy atom. The molecule has 37 heavy (non-hydrogen) atoms. The summed E-state index contributed by atoms with van der Waals surface area (Å²) >= 11 is 0. The van der Waals surface area contributed by atoms with Crippen molar-refractivity contribution >= 4 is 46.5 Å². The second kappa shape index (κ2) is 8.85. The zero-order chi connectivity index (χ0) is 26.5. The fourth-order valence-corrected chi connectivity index (χ4v) is 4.52. The molecule has 188 valence electrons. The van der Waals surface area contributed by atoms with Gasteiger partial charge < -0.3 is 25.2 Å². The molecule has 0 saturated carbocycles. The Kier molecular flexibility index (Phi) is 5.79. The maximum Gasteiger partial charge on any atom is 0.256 e. The van der Waals surface area contributed by atoms with Gasteiger partial charge in [0.1, 0.15) is 17.2 Å². The van der Waals surface area contributed by atoms with Crippen molar-refractivity contribution < 1.29 is 24.2 Å². The highest BCUT2D eigenvalue weighted by Crippen LogP contribution is 2.41. The Labute approximate surface area is 215 Å². The predicted molar refractivity (Wildman–Crippen MR) is 146 cm³/mol. The number of rotatable bonds is 4. The second-order valence-corrected chi connectivity index (χ2v) is 10.1. The average Bonchev–Trinajstić information content (AvgIpc) is 3.34. The van der Waals surface area contributed by atoms with Crippen molar-refractivity contribution in [1.82, 2.24) is 0 Å². The lowest BCUT2D eigenvalue weighted by atomic mass is 9.84. The van der Waals surface area contributed by atoms with Gasteiger partial charge in [-0.15, -0.1) is 0 Å². The molecular formula is C30H28N2O5. The van der Waals surface area contributed by atoms with E-state index in [1.807, 2.05) is 12.1 Å². The van der Waals surface area contributed by atoms with Crippen LogP contribution in [-0.4, -0.2) is 31.1 Å². The number of carbonyl (C=O) groups is 2. The van der Waals surface area contributed by atoms with E-state index < -0.39 is 0 Å². The van der Waals surface area contributed by atoms with E-state index in [2.05, 4.69) is 31.4 Å². The molecule has 7 nitrogen and oxygen atoms in total. The SMILES string of the molecule is COc1ccc2c(c1)/C(=C\c1cc(C(C)(C)C)cc(/C=C3/C(=O)Nc4ccc(OC)cc43)c1O)C(=O)N2. The molecule has 0 unspecified atom stereocenters. The Bertz CT molecular complexity index is 1420. The molecule has 0 radical (unpaired) electrons. The maximum absolute atomic E-state index is 12.9. The number of carbonyl (C=O) groups excluding carboxylic acids is 2. The Balaban J connectivity index is 1.69. The molecular weight excluding hydrogens is 468 g/mol. The second-order valence-electron chi connectivity index (χ2n) is 10.1. The number of fused-ring (bicyclic) bond motifs is 2. The minimum absolute atomic E-state index is 0.0266. The van der Waals surface area contributed by atoms with Gasteiger partial charge in [0.15, 0.2) is 0 Å². The molecule has 0 saturated heterocycles. The lowest BCUT2D eigenvalue weighted by Gasteiger charge is -2.21. The van der Waals surface area contributed by atoms with Gasteiger partial charge >= 0.3 is 0 Å². The number of hydrogen-bond acceptors (Lipinski definition) is 5. The van der Waals surface area contributed by atoms with Crippen molar-refractivity contribution in [2.75, 3.05) is 24.9 Å². The third-order valence-electron chi connectivity index (χ3n) is 6.65. The van der Waals surface area contributed by atoms with Gasteiger partial charge in [0.05, 0.1) is 14.2 Å². The summed E-state index contributed by atoms with van der Waals surface area (Å²) in [5, 5.41) is 17.1. The minimum atomic E-state index is -0.264. The van der Waals surface area contributed by atoms with E-state index in [0.29, 0.717) is 56.3 Å². The number of hydrogen-bond donors (Lipinski definition) is 3. The van der Waals surface area contributed by atoms with Gasteiger partial charge in [0.2, 0.25) is 0 Å². The molecule has 0 atom stereocenters. The molecule has 0 fully saturated rings. The third-order valence-corrected chi connectivity index (χ3v) is 6.65. The van der Waals surface area contributed by atoms with Gasteiger partial charge in [0, 0.05) is 44.8 Å². The van der Waals surface area contributed by atoms with Crippen LogP contribution in [0.1, 0.15) is 48.6 Å². The molecule has 3 aromatic rings. The Morgan fingerprint density at radius 1 is 0.730 bits per heavy atom. The van der Waals surface area contributed by atoms with Crippen molar-refractivity contribution in [3.8, 4) is 17.2 Å². The summed E-state index contributed by atoms with van der Waals surface area (Å²) in [6, 6.07) is 14.5. The summed E-state index contributed by atoms with van der Waals surface area (Å²) in [5.41, 5.74) is 5.23. The van der Waals surface area contributed by atoms with E-state index in [-0.39, 0.29) is 23.0 Å². The van der Waals surface area contributed by atoms with Crippen LogP contribution in [0.4, 0.5) is 11.4 Å². The summed E-state index contributed by atoms with van der Waals surface area (Å²) in [4.78, 5) is 25.7. The quantitative estimate of drug-likeness (QED) is 0.403. The van der Waals surface area contributed by atoms with E-state index >= 15 is 0 Å². The lowest BCUT2D eigenvalue weighted by Crippen LogP contribution is -2.12. The van der Waals surface area contributed by atoms with E-state index in [4.69, 9.17) is 9.47 Å². The first kappa shape index (κ1) is 24.2. The highest BCUT2D eigenvalue weighted by molar-refractivity contribution is 6.36. The molecule has 3 aromatic carbocycles. The first-order valence-electron chi connectivity index (χ1n) is 11.9. The fraction of sp³-hybridized carbons (Fsp3) is 0.200. The normalized spacial score (nSPS) is 16.5. The van der Waals surface area contributed by atoms with Crippen LogP contribution >= 0.6 is 0 Å². The number of phenolic OH excluding ortho intramolecular Hbond substituents is 1. The zero-order valence-electron chi connectivity index (χ0n) is 21.4. The van der Waals surface area contributed by atoms with Gasteiger partial charge in [0.25, 0.3) is 11.8 Å². The standard InChI is InChI=1S/C30H28N2O5/c1-30(2,3)18-10-16(12-23-21-14-19(36-4)6-8-25(21)31-28(23)34)27(33)17(11-18)13-24-22-15-20(37-5)7-9-26(22)32-29(24)35/h6-15,33H,1-5H3,(H,31,34)(H,32,35)/b23-12+,24-13+. The van der Waals surface area contributed by atoms with Gasteiger partial charge in [-0.1, -0.05) is 20.8 Å². The number of methoxy groups -OCH3 is 2. The van der Waals surface area contributed by atoms with Crippen LogP contribution in [0.15, 0.2) is 48.5 Å². The molecule has 5 rings (SSSR count). The summed E-state index contributed by atoms with van der Waals surface area (Å²) in [6.45, 7) is 6.20. The van der Waals surface area contributed by atoms with Crippen molar-refractivity contribution in [2.24, 2.45) is 0 Å². The van der Waals surface area contributed by atoms with Crippen LogP contribution in [0.3, 0.4) is 0 Å². The molecule has 2 heterocycles. The number of amides is 2. The lowest BCUT2D eigenvalue weighted by molar-refractivity contribution is -0.111. The summed E-state index contributed by atoms with van der Waals surface area (Å²) < 4.78 is 10.7. The fourth-order valence-electron chi connectivity index (χ4n) is 4.52. The largest absolute Gasteiger partial charge is 0.507 e. The van der Waals surface area contributed by atoms with E-state index in [1.54, 1.807) is 62.8 Å². The minimum Gasteiger partial charge on any atom is -0.507 e. The number of ether oxygens (including phenoxy) is 2. The molecule has 0 bridgehead atoms. The number of aromatic hydroxyl groups is 1. The first-order valence-corrected chi connectivity index (χ1v) is 11.9. The van der Waals surface area contributed by atoms with E-state index in [9.17, 15) is 14.7 Å². The van der Waals surface area contributed by atoms with Crippen molar-refractivity contribution in [3.63, 3.8) is 0 Å². The number of anilines is 2. The number of benzene rings is 3. The van der Waals surface area contributed by atoms with Crippen LogP contribution in [0, 0.1) is 0 Å². The van der Waals surface area contributed by atoms with Crippen molar-refractivity contribution in [3.05, 3.63) is 76.3 Å². The van der Waals surface area contributed by atoms with Gasteiger partial charge in [-0.3, -0.25) is 9.59 Å². The molecule has 0 aliphatic carbocycles. The third kappa shape index (κ3) is 4.33. The molecule has 2 aliphatic rings. The van der Waals surface area contributed by atoms with Crippen LogP contribution in [0.2, 0.25) is 0 Å². The van der Waals surface area contributed by atoms with Crippen molar-refractivity contribution in [2.45, 2.75) is 26.2 Å². The zero-order valence-corrected chi connectivity index (χ0v) is 21.4. The number of phenols is 1. The molecule has 0 spiro atoms. The molecule has 0 aromatic heterocycles. The molecule has 2 amide bonds.